The second-order valence-electron chi connectivity index (χ2n) is 6.82. The first-order chi connectivity index (χ1) is 10.8. The molecule has 7 heteroatoms. The number of halogens is 1. The highest BCUT2D eigenvalue weighted by atomic mass is 35.5. The fourth-order valence-corrected chi connectivity index (χ4v) is 3.92. The first-order valence-electron chi connectivity index (χ1n) is 7.90. The van der Waals surface area contributed by atoms with Gasteiger partial charge in [-0.1, -0.05) is 31.9 Å². The highest BCUT2D eigenvalue weighted by Crippen LogP contribution is 2.49. The molecule has 2 heterocycles. The second kappa shape index (κ2) is 5.74. The van der Waals surface area contributed by atoms with Crippen molar-refractivity contribution in [1.82, 2.24) is 14.9 Å². The van der Waals surface area contributed by atoms with Crippen LogP contribution in [0.5, 0.6) is 0 Å². The standard InChI is InChI=1S/C16H20ClN3O3/c1-9(2)13-18-6-11(17)12(19-13)14(21)20-7-10-4-3-5-16(10,8-20)15(22)23/h6,9-10H,3-5,7-8H2,1-2H3,(H,22,23)/t10-,16+/m0/s1. The van der Waals surface area contributed by atoms with Gasteiger partial charge in [-0.05, 0) is 18.8 Å². The lowest BCUT2D eigenvalue weighted by Crippen LogP contribution is -2.37. The molecular weight excluding hydrogens is 318 g/mol. The smallest absolute Gasteiger partial charge is 0.311 e. The molecule has 1 aromatic rings. The van der Waals surface area contributed by atoms with Crippen molar-refractivity contribution in [2.45, 2.75) is 39.0 Å². The van der Waals surface area contributed by atoms with Crippen LogP contribution in [-0.4, -0.2) is 44.9 Å². The van der Waals surface area contributed by atoms with E-state index in [-0.39, 0.29) is 35.0 Å². The predicted octanol–water partition coefficient (Wildman–Crippen LogP) is 2.58. The number of aromatic nitrogens is 2. The van der Waals surface area contributed by atoms with Crippen LogP contribution in [0, 0.1) is 11.3 Å². The number of hydrogen-bond donors (Lipinski definition) is 1. The van der Waals surface area contributed by atoms with E-state index in [2.05, 4.69) is 9.97 Å². The minimum absolute atomic E-state index is 0.0223. The summed E-state index contributed by atoms with van der Waals surface area (Å²) in [5, 5.41) is 9.84. The molecule has 0 unspecified atom stereocenters. The Balaban J connectivity index is 1.88. The van der Waals surface area contributed by atoms with Crippen LogP contribution in [0.1, 0.15) is 55.3 Å². The maximum atomic E-state index is 12.8. The van der Waals surface area contributed by atoms with Crippen molar-refractivity contribution < 1.29 is 14.7 Å². The van der Waals surface area contributed by atoms with Gasteiger partial charge >= 0.3 is 5.97 Å². The molecular formula is C16H20ClN3O3. The van der Waals surface area contributed by atoms with E-state index in [1.165, 1.54) is 6.20 Å². The lowest BCUT2D eigenvalue weighted by Gasteiger charge is -2.23. The molecule has 3 rings (SSSR count). The number of aliphatic carboxylic acids is 1. The van der Waals surface area contributed by atoms with Crippen molar-refractivity contribution >= 4 is 23.5 Å². The Morgan fingerprint density at radius 3 is 2.83 bits per heavy atom. The quantitative estimate of drug-likeness (QED) is 0.916. The Kier molecular flexibility index (Phi) is 4.04. The summed E-state index contributed by atoms with van der Waals surface area (Å²) >= 11 is 6.10. The lowest BCUT2D eigenvalue weighted by atomic mass is 9.81. The van der Waals surface area contributed by atoms with Crippen LogP contribution in [0.3, 0.4) is 0 Å². The van der Waals surface area contributed by atoms with E-state index < -0.39 is 11.4 Å². The van der Waals surface area contributed by atoms with Crippen LogP contribution in [0.2, 0.25) is 5.02 Å². The lowest BCUT2D eigenvalue weighted by molar-refractivity contribution is -0.149. The number of carboxylic acids is 1. The van der Waals surface area contributed by atoms with Gasteiger partial charge in [-0.2, -0.15) is 0 Å². The molecule has 1 aliphatic heterocycles. The zero-order chi connectivity index (χ0) is 16.8. The van der Waals surface area contributed by atoms with Crippen LogP contribution >= 0.6 is 11.6 Å². The van der Waals surface area contributed by atoms with E-state index in [4.69, 9.17) is 11.6 Å². The number of amides is 1. The number of carboxylic acid groups (broad SMARTS) is 1. The fourth-order valence-electron chi connectivity index (χ4n) is 3.75. The van der Waals surface area contributed by atoms with E-state index in [1.54, 1.807) is 4.90 Å². The molecule has 23 heavy (non-hydrogen) atoms. The summed E-state index contributed by atoms with van der Waals surface area (Å²) in [6, 6.07) is 0. The number of rotatable bonds is 3. The summed E-state index contributed by atoms with van der Waals surface area (Å²) in [5.41, 5.74) is -0.623. The van der Waals surface area contributed by atoms with Gasteiger partial charge in [-0.15, -0.1) is 0 Å². The highest BCUT2D eigenvalue weighted by molar-refractivity contribution is 6.33. The number of carbonyl (C=O) groups excluding carboxylic acids is 1. The first-order valence-corrected chi connectivity index (χ1v) is 8.28. The van der Waals surface area contributed by atoms with Crippen molar-refractivity contribution in [3.05, 3.63) is 22.7 Å². The van der Waals surface area contributed by atoms with Gasteiger partial charge in [0.25, 0.3) is 5.91 Å². The van der Waals surface area contributed by atoms with Crippen LogP contribution in [0.25, 0.3) is 0 Å². The maximum absolute atomic E-state index is 12.8. The minimum atomic E-state index is -0.799. The van der Waals surface area contributed by atoms with Gasteiger partial charge in [-0.25, -0.2) is 9.97 Å². The van der Waals surface area contributed by atoms with Gasteiger partial charge in [0.05, 0.1) is 16.6 Å². The van der Waals surface area contributed by atoms with Gasteiger partial charge in [-0.3, -0.25) is 9.59 Å². The predicted molar refractivity (Wildman–Crippen MR) is 84.4 cm³/mol. The van der Waals surface area contributed by atoms with E-state index in [9.17, 15) is 14.7 Å². The van der Waals surface area contributed by atoms with Gasteiger partial charge in [0.1, 0.15) is 5.82 Å². The van der Waals surface area contributed by atoms with Gasteiger partial charge in [0, 0.05) is 19.0 Å². The van der Waals surface area contributed by atoms with Crippen molar-refractivity contribution in [1.29, 1.82) is 0 Å². The largest absolute Gasteiger partial charge is 0.481 e. The number of likely N-dealkylation sites (tertiary alicyclic amines) is 1. The summed E-state index contributed by atoms with van der Waals surface area (Å²) in [6.07, 6.45) is 3.84. The normalized spacial score (nSPS) is 26.6. The molecule has 2 atom stereocenters. The van der Waals surface area contributed by atoms with Gasteiger partial charge in [0.15, 0.2) is 5.69 Å². The monoisotopic (exact) mass is 337 g/mol. The zero-order valence-corrected chi connectivity index (χ0v) is 14.0. The van der Waals surface area contributed by atoms with Gasteiger partial charge in [0.2, 0.25) is 0 Å². The molecule has 6 nitrogen and oxygen atoms in total. The Morgan fingerprint density at radius 1 is 1.48 bits per heavy atom. The number of carbonyl (C=O) groups is 2. The van der Waals surface area contributed by atoms with Crippen molar-refractivity contribution in [2.75, 3.05) is 13.1 Å². The summed E-state index contributed by atoms with van der Waals surface area (Å²) < 4.78 is 0. The Morgan fingerprint density at radius 2 is 2.22 bits per heavy atom. The Bertz CT molecular complexity index is 664. The number of nitrogens with zero attached hydrogens (tertiary/aromatic N) is 3. The van der Waals surface area contributed by atoms with E-state index in [0.717, 1.165) is 12.8 Å². The molecule has 1 N–H and O–H groups in total. The molecule has 1 saturated carbocycles. The van der Waals surface area contributed by atoms with Crippen LogP contribution < -0.4 is 0 Å². The molecule has 0 bridgehead atoms. The van der Waals surface area contributed by atoms with E-state index >= 15 is 0 Å². The Labute approximate surface area is 139 Å². The third kappa shape index (κ3) is 2.59. The van der Waals surface area contributed by atoms with Crippen LogP contribution in [0.15, 0.2) is 6.20 Å². The zero-order valence-electron chi connectivity index (χ0n) is 13.3. The van der Waals surface area contributed by atoms with E-state index in [1.807, 2.05) is 13.8 Å². The number of fused-ring (bicyclic) bond motifs is 1. The molecule has 1 aromatic heterocycles. The average molecular weight is 338 g/mol. The SMILES string of the molecule is CC(C)c1ncc(Cl)c(C(=O)N2C[C@@H]3CCC[C@@]3(C(=O)O)C2)n1. The average Bonchev–Trinajstić information content (AvgIpc) is 3.04. The summed E-state index contributed by atoms with van der Waals surface area (Å²) in [5.74, 6) is -0.428. The third-order valence-corrected chi connectivity index (χ3v) is 5.34. The van der Waals surface area contributed by atoms with Crippen molar-refractivity contribution in [3.63, 3.8) is 0 Å². The molecule has 2 fully saturated rings. The van der Waals surface area contributed by atoms with Crippen molar-refractivity contribution in [2.24, 2.45) is 11.3 Å². The van der Waals surface area contributed by atoms with E-state index in [0.29, 0.717) is 18.8 Å². The summed E-state index contributed by atoms with van der Waals surface area (Å²) in [6.45, 7) is 4.58. The molecule has 1 amide bonds. The third-order valence-electron chi connectivity index (χ3n) is 5.07. The highest BCUT2D eigenvalue weighted by Gasteiger charge is 2.56. The minimum Gasteiger partial charge on any atom is -0.481 e. The fraction of sp³-hybridized carbons (Fsp3) is 0.625. The second-order valence-corrected chi connectivity index (χ2v) is 7.22. The molecule has 124 valence electrons. The molecule has 0 aromatic carbocycles. The first kappa shape index (κ1) is 16.2. The van der Waals surface area contributed by atoms with Crippen LogP contribution in [-0.2, 0) is 4.79 Å². The number of hydrogen-bond acceptors (Lipinski definition) is 4. The topological polar surface area (TPSA) is 83.4 Å². The molecule has 2 aliphatic rings. The molecule has 1 aliphatic carbocycles. The van der Waals surface area contributed by atoms with Crippen LogP contribution in [0.4, 0.5) is 0 Å². The van der Waals surface area contributed by atoms with Gasteiger partial charge < -0.3 is 10.0 Å². The van der Waals surface area contributed by atoms with Crippen molar-refractivity contribution in [3.8, 4) is 0 Å². The summed E-state index contributed by atoms with van der Waals surface area (Å²) in [4.78, 5) is 34.6. The summed E-state index contributed by atoms with van der Waals surface area (Å²) in [7, 11) is 0. The maximum Gasteiger partial charge on any atom is 0.311 e. The molecule has 0 radical (unpaired) electrons. The Hall–Kier alpha value is -1.69. The molecule has 1 saturated heterocycles. The molecule has 0 spiro atoms.